The molecular formula is C27H33N3O3. The predicted octanol–water partition coefficient (Wildman–Crippen LogP) is 3.76. The van der Waals surface area contributed by atoms with Crippen LogP contribution in [-0.2, 0) is 27.2 Å². The number of ether oxygens (including phenoxy) is 2. The summed E-state index contributed by atoms with van der Waals surface area (Å²) in [4.78, 5) is 19.0. The van der Waals surface area contributed by atoms with Gasteiger partial charge in [0.15, 0.2) is 0 Å². The average molecular weight is 448 g/mol. The van der Waals surface area contributed by atoms with Gasteiger partial charge in [-0.05, 0) is 41.8 Å². The lowest BCUT2D eigenvalue weighted by molar-refractivity contribution is -0.120. The number of hydrogen-bond donors (Lipinski definition) is 1. The van der Waals surface area contributed by atoms with Gasteiger partial charge in [0.1, 0.15) is 12.4 Å². The molecule has 3 rings (SSSR count). The van der Waals surface area contributed by atoms with Crippen LogP contribution in [0.25, 0.3) is 5.57 Å². The van der Waals surface area contributed by atoms with E-state index in [1.165, 1.54) is 0 Å². The van der Waals surface area contributed by atoms with Crippen LogP contribution in [0.1, 0.15) is 23.7 Å². The number of rotatable bonds is 11. The Kier molecular flexibility index (Phi) is 9.88. The molecule has 174 valence electrons. The summed E-state index contributed by atoms with van der Waals surface area (Å²) in [6.07, 6.45) is 7.69. The highest BCUT2D eigenvalue weighted by Gasteiger charge is 2.09. The Morgan fingerprint density at radius 2 is 1.97 bits per heavy atom. The lowest BCUT2D eigenvalue weighted by Gasteiger charge is -2.26. The average Bonchev–Trinajstić information content (AvgIpc) is 2.86. The fourth-order valence-corrected chi connectivity index (χ4v) is 3.38. The third-order valence-electron chi connectivity index (χ3n) is 5.43. The van der Waals surface area contributed by atoms with E-state index >= 15 is 0 Å². The zero-order valence-electron chi connectivity index (χ0n) is 19.3. The molecule has 33 heavy (non-hydrogen) atoms. The SMILES string of the molecule is C=C/C(=C\C=C(/C)c1ccc(CC(=O)NCc2ccccc2)nc1)OCCN1CCOCC1. The van der Waals surface area contributed by atoms with Crippen LogP contribution in [-0.4, -0.2) is 55.2 Å². The van der Waals surface area contributed by atoms with Gasteiger partial charge in [-0.2, -0.15) is 0 Å². The maximum absolute atomic E-state index is 12.2. The third-order valence-corrected chi connectivity index (χ3v) is 5.43. The predicted molar refractivity (Wildman–Crippen MR) is 131 cm³/mol. The van der Waals surface area contributed by atoms with Crippen LogP contribution in [0.3, 0.4) is 0 Å². The van der Waals surface area contributed by atoms with Gasteiger partial charge in [-0.3, -0.25) is 14.7 Å². The maximum atomic E-state index is 12.2. The van der Waals surface area contributed by atoms with Crippen molar-refractivity contribution in [2.45, 2.75) is 19.9 Å². The molecule has 0 aliphatic carbocycles. The third kappa shape index (κ3) is 8.67. The van der Waals surface area contributed by atoms with E-state index in [4.69, 9.17) is 9.47 Å². The standard InChI is InChI=1S/C27H33N3O3/c1-3-26(33-18-15-30-13-16-32-17-14-30)12-9-22(2)24-10-11-25(28-21-24)19-27(31)29-20-23-7-5-4-6-8-23/h3-12,21H,1,13-20H2,2H3,(H,29,31)/b22-9+,26-12+. The number of nitrogens with one attached hydrogen (secondary N) is 1. The molecule has 1 saturated heterocycles. The Morgan fingerprint density at radius 1 is 1.18 bits per heavy atom. The first-order valence-corrected chi connectivity index (χ1v) is 11.3. The Bertz CT molecular complexity index is 946. The van der Waals surface area contributed by atoms with Crippen molar-refractivity contribution in [2.75, 3.05) is 39.5 Å². The number of benzene rings is 1. The number of aromatic nitrogens is 1. The summed E-state index contributed by atoms with van der Waals surface area (Å²) in [6.45, 7) is 11.4. The summed E-state index contributed by atoms with van der Waals surface area (Å²) in [5, 5.41) is 2.93. The van der Waals surface area contributed by atoms with Crippen LogP contribution in [0.5, 0.6) is 0 Å². The van der Waals surface area contributed by atoms with Crippen molar-refractivity contribution in [1.82, 2.24) is 15.2 Å². The summed E-state index contributed by atoms with van der Waals surface area (Å²) in [6, 6.07) is 13.7. The topological polar surface area (TPSA) is 63.7 Å². The van der Waals surface area contributed by atoms with Gasteiger partial charge in [0, 0.05) is 38.1 Å². The fourth-order valence-electron chi connectivity index (χ4n) is 3.38. The van der Waals surface area contributed by atoms with Crippen LogP contribution in [0.15, 0.2) is 79.2 Å². The first-order chi connectivity index (χ1) is 16.1. The molecule has 0 bridgehead atoms. The number of amides is 1. The van der Waals surface area contributed by atoms with Crippen molar-refractivity contribution in [2.24, 2.45) is 0 Å². The van der Waals surface area contributed by atoms with Crippen LogP contribution < -0.4 is 5.32 Å². The highest BCUT2D eigenvalue weighted by atomic mass is 16.5. The first-order valence-electron chi connectivity index (χ1n) is 11.3. The first kappa shape index (κ1) is 24.4. The zero-order valence-corrected chi connectivity index (χ0v) is 19.3. The lowest BCUT2D eigenvalue weighted by Crippen LogP contribution is -2.38. The largest absolute Gasteiger partial charge is 0.492 e. The van der Waals surface area contributed by atoms with Crippen molar-refractivity contribution in [1.29, 1.82) is 0 Å². The monoisotopic (exact) mass is 447 g/mol. The smallest absolute Gasteiger partial charge is 0.226 e. The van der Waals surface area contributed by atoms with E-state index in [-0.39, 0.29) is 12.3 Å². The second kappa shape index (κ2) is 13.4. The molecule has 1 aromatic carbocycles. The van der Waals surface area contributed by atoms with E-state index in [0.717, 1.165) is 61.0 Å². The van der Waals surface area contributed by atoms with Crippen LogP contribution in [0, 0.1) is 0 Å². The van der Waals surface area contributed by atoms with Crippen molar-refractivity contribution in [3.8, 4) is 0 Å². The molecule has 0 saturated carbocycles. The van der Waals surface area contributed by atoms with Gasteiger partial charge >= 0.3 is 0 Å². The maximum Gasteiger partial charge on any atom is 0.226 e. The number of nitrogens with zero attached hydrogens (tertiary/aromatic N) is 2. The van der Waals surface area contributed by atoms with Crippen molar-refractivity contribution < 1.29 is 14.3 Å². The van der Waals surface area contributed by atoms with E-state index in [2.05, 4.69) is 21.8 Å². The molecule has 0 unspecified atom stereocenters. The van der Waals surface area contributed by atoms with Gasteiger partial charge < -0.3 is 14.8 Å². The minimum atomic E-state index is -0.0425. The highest BCUT2D eigenvalue weighted by molar-refractivity contribution is 5.78. The second-order valence-electron chi connectivity index (χ2n) is 7.90. The van der Waals surface area contributed by atoms with E-state index < -0.39 is 0 Å². The Hall–Kier alpha value is -3.22. The van der Waals surface area contributed by atoms with Gasteiger partial charge in [-0.1, -0.05) is 49.1 Å². The number of pyridine rings is 1. The van der Waals surface area contributed by atoms with Gasteiger partial charge in [-0.15, -0.1) is 0 Å². The molecule has 6 heteroatoms. The Balaban J connectivity index is 1.46. The number of morpholine rings is 1. The minimum Gasteiger partial charge on any atom is -0.492 e. The molecule has 2 heterocycles. The number of allylic oxidation sites excluding steroid dienone is 4. The molecule has 0 radical (unpaired) electrons. The van der Waals surface area contributed by atoms with Gasteiger partial charge in [-0.25, -0.2) is 0 Å². The van der Waals surface area contributed by atoms with Crippen molar-refractivity contribution in [3.05, 3.63) is 96.0 Å². The normalized spacial score (nSPS) is 15.2. The molecule has 1 N–H and O–H groups in total. The molecule has 1 aliphatic heterocycles. The van der Waals surface area contributed by atoms with Crippen molar-refractivity contribution in [3.63, 3.8) is 0 Å². The van der Waals surface area contributed by atoms with Gasteiger partial charge in [0.2, 0.25) is 5.91 Å². The van der Waals surface area contributed by atoms with Gasteiger partial charge in [0.05, 0.1) is 19.6 Å². The summed E-state index contributed by atoms with van der Waals surface area (Å²) in [5.41, 5.74) is 3.87. The summed E-state index contributed by atoms with van der Waals surface area (Å²) < 4.78 is 11.2. The van der Waals surface area contributed by atoms with E-state index in [9.17, 15) is 4.79 Å². The molecule has 0 spiro atoms. The number of hydrogen-bond acceptors (Lipinski definition) is 5. The molecule has 1 aliphatic rings. The second-order valence-corrected chi connectivity index (χ2v) is 7.90. The van der Waals surface area contributed by atoms with E-state index in [0.29, 0.717) is 13.2 Å². The minimum absolute atomic E-state index is 0.0425. The zero-order chi connectivity index (χ0) is 23.3. The van der Waals surface area contributed by atoms with Gasteiger partial charge in [0.25, 0.3) is 0 Å². The highest BCUT2D eigenvalue weighted by Crippen LogP contribution is 2.14. The van der Waals surface area contributed by atoms with Crippen molar-refractivity contribution >= 4 is 11.5 Å². The summed E-state index contributed by atoms with van der Waals surface area (Å²) in [7, 11) is 0. The van der Waals surface area contributed by atoms with Crippen LogP contribution >= 0.6 is 0 Å². The van der Waals surface area contributed by atoms with Crippen LogP contribution in [0.4, 0.5) is 0 Å². The summed E-state index contributed by atoms with van der Waals surface area (Å²) >= 11 is 0. The molecule has 0 atom stereocenters. The fraction of sp³-hybridized carbons (Fsp3) is 0.333. The Morgan fingerprint density at radius 3 is 2.67 bits per heavy atom. The number of carbonyl (C=O) groups excluding carboxylic acids is 1. The molecule has 1 fully saturated rings. The van der Waals surface area contributed by atoms with Crippen LogP contribution in [0.2, 0.25) is 0 Å². The molecular weight excluding hydrogens is 414 g/mol. The summed E-state index contributed by atoms with van der Waals surface area (Å²) in [5.74, 6) is 0.696. The molecule has 2 aromatic rings. The van der Waals surface area contributed by atoms with E-state index in [1.807, 2.05) is 61.5 Å². The van der Waals surface area contributed by atoms with E-state index in [1.54, 1.807) is 12.3 Å². The molecule has 1 amide bonds. The quantitative estimate of drug-likeness (QED) is 0.420. The molecule has 1 aromatic heterocycles. The lowest BCUT2D eigenvalue weighted by atomic mass is 10.1. The molecule has 6 nitrogen and oxygen atoms in total. The Labute approximate surface area is 196 Å². The number of carbonyl (C=O) groups is 1.